The van der Waals surface area contributed by atoms with Gasteiger partial charge in [0, 0.05) is 9.72 Å². The van der Waals surface area contributed by atoms with Crippen molar-refractivity contribution in [3.63, 3.8) is 0 Å². The van der Waals surface area contributed by atoms with Gasteiger partial charge in [-0.1, -0.05) is 24.1 Å². The highest BCUT2D eigenvalue weighted by Gasteiger charge is 2.35. The Kier molecular flexibility index (Phi) is 2.63. The summed E-state index contributed by atoms with van der Waals surface area (Å²) in [4.78, 5) is 11.1. The van der Waals surface area contributed by atoms with Crippen molar-refractivity contribution in [2.45, 2.75) is 38.1 Å². The molecule has 8 heteroatoms. The first-order chi connectivity index (χ1) is 7.61. The number of aromatic nitrogens is 3. The molecule has 0 aliphatic heterocycles. The Balaban J connectivity index is 2.34. The zero-order valence-corrected chi connectivity index (χ0v) is 8.70. The predicted octanol–water partition coefficient (Wildman–Crippen LogP) is 0.512. The maximum Gasteiger partial charge on any atom is 0.495 e. The third-order valence-electron chi connectivity index (χ3n) is 2.88. The van der Waals surface area contributed by atoms with E-state index >= 15 is 0 Å². The van der Waals surface area contributed by atoms with Gasteiger partial charge in [0.05, 0.1) is 0 Å². The molecular weight excluding hydrogens is 214 g/mol. The summed E-state index contributed by atoms with van der Waals surface area (Å²) in [7, 11) is 0. The highest BCUT2D eigenvalue weighted by molar-refractivity contribution is 5.40. The van der Waals surface area contributed by atoms with Gasteiger partial charge in [-0.3, -0.25) is 0 Å². The lowest BCUT2D eigenvalue weighted by Crippen LogP contribution is -2.42. The van der Waals surface area contributed by atoms with E-state index in [0.717, 1.165) is 36.9 Å². The Morgan fingerprint density at radius 1 is 1.44 bits per heavy atom. The van der Waals surface area contributed by atoms with Crippen LogP contribution in [0.5, 0.6) is 0 Å². The molecular formula is C8H13N5O3. The van der Waals surface area contributed by atoms with Gasteiger partial charge in [-0.25, -0.2) is 0 Å². The fourth-order valence-corrected chi connectivity index (χ4v) is 2.10. The molecule has 2 N–H and O–H groups in total. The van der Waals surface area contributed by atoms with Crippen molar-refractivity contribution >= 4 is 11.6 Å². The molecule has 0 unspecified atom stereocenters. The minimum absolute atomic E-state index is 0.0674. The van der Waals surface area contributed by atoms with Crippen LogP contribution in [0.3, 0.4) is 0 Å². The maximum atomic E-state index is 11.6. The van der Waals surface area contributed by atoms with Crippen molar-refractivity contribution in [3.05, 3.63) is 15.3 Å². The second-order valence-electron chi connectivity index (χ2n) is 3.95. The van der Waals surface area contributed by atoms with Crippen LogP contribution >= 0.6 is 0 Å². The van der Waals surface area contributed by atoms with Crippen molar-refractivity contribution in [1.82, 2.24) is 9.90 Å². The van der Waals surface area contributed by atoms with Gasteiger partial charge in [0.15, 0.2) is 0 Å². The summed E-state index contributed by atoms with van der Waals surface area (Å²) in [5.74, 6) is -0.990. The minimum Gasteiger partial charge on any atom is -0.655 e. The second-order valence-corrected chi connectivity index (χ2v) is 3.95. The molecule has 1 aliphatic rings. The number of nitro groups is 1. The molecule has 8 nitrogen and oxygen atoms in total. The third kappa shape index (κ3) is 1.66. The van der Waals surface area contributed by atoms with Crippen molar-refractivity contribution in [2.24, 2.45) is 0 Å². The molecule has 0 radical (unpaired) electrons. The average Bonchev–Trinajstić information content (AvgIpc) is 2.55. The van der Waals surface area contributed by atoms with Crippen molar-refractivity contribution in [2.75, 3.05) is 5.73 Å². The predicted molar refractivity (Wildman–Crippen MR) is 54.4 cm³/mol. The highest BCUT2D eigenvalue weighted by Crippen LogP contribution is 2.27. The van der Waals surface area contributed by atoms with Crippen LogP contribution in [0, 0.1) is 15.3 Å². The quantitative estimate of drug-likeness (QED) is 0.342. The smallest absolute Gasteiger partial charge is 0.495 e. The zero-order chi connectivity index (χ0) is 11.7. The molecule has 0 atom stereocenters. The van der Waals surface area contributed by atoms with Gasteiger partial charge in [-0.05, 0) is 12.8 Å². The number of nitrogens with zero attached hydrogens (tertiary/aromatic N) is 4. The SMILES string of the molecule is Nc1nn(C2CCCCC2)[n+]([O-])c1[N+](=O)[O-]. The molecule has 88 valence electrons. The number of rotatable bonds is 2. The third-order valence-corrected chi connectivity index (χ3v) is 2.88. The van der Waals surface area contributed by atoms with Gasteiger partial charge in [-0.2, -0.15) is 0 Å². The lowest BCUT2D eigenvalue weighted by molar-refractivity contribution is -0.739. The van der Waals surface area contributed by atoms with E-state index in [4.69, 9.17) is 5.73 Å². The maximum absolute atomic E-state index is 11.6. The van der Waals surface area contributed by atoms with E-state index in [-0.39, 0.29) is 16.7 Å². The van der Waals surface area contributed by atoms with E-state index in [9.17, 15) is 15.3 Å². The molecule has 1 aromatic rings. The van der Waals surface area contributed by atoms with E-state index in [0.29, 0.717) is 0 Å². The monoisotopic (exact) mass is 227 g/mol. The van der Waals surface area contributed by atoms with Gasteiger partial charge < -0.3 is 21.1 Å². The summed E-state index contributed by atoms with van der Waals surface area (Å²) < 4.78 is 0. The molecule has 0 saturated heterocycles. The summed E-state index contributed by atoms with van der Waals surface area (Å²) in [5, 5.41) is 26.0. The van der Waals surface area contributed by atoms with Crippen LogP contribution in [0.2, 0.25) is 0 Å². The summed E-state index contributed by atoms with van der Waals surface area (Å²) in [6.45, 7) is 0. The summed E-state index contributed by atoms with van der Waals surface area (Å²) in [5.41, 5.74) is 5.36. The Labute approximate surface area is 91.4 Å². The Morgan fingerprint density at radius 2 is 2.06 bits per heavy atom. The Bertz CT molecular complexity index is 410. The van der Waals surface area contributed by atoms with E-state index in [1.165, 1.54) is 0 Å². The zero-order valence-electron chi connectivity index (χ0n) is 8.70. The van der Waals surface area contributed by atoms with Gasteiger partial charge in [0.25, 0.3) is 0 Å². The van der Waals surface area contributed by atoms with Crippen LogP contribution in [0.4, 0.5) is 11.6 Å². The number of hydrogen-bond acceptors (Lipinski definition) is 5. The molecule has 1 fully saturated rings. The molecule has 1 aromatic heterocycles. The van der Waals surface area contributed by atoms with Crippen LogP contribution in [0.1, 0.15) is 38.1 Å². The van der Waals surface area contributed by atoms with Crippen LogP contribution in [0.15, 0.2) is 0 Å². The van der Waals surface area contributed by atoms with Gasteiger partial charge in [-0.15, -0.1) is 0 Å². The van der Waals surface area contributed by atoms with Crippen LogP contribution in [0.25, 0.3) is 0 Å². The first-order valence-electron chi connectivity index (χ1n) is 5.23. The summed E-state index contributed by atoms with van der Waals surface area (Å²) in [6, 6.07) is -0.0674. The summed E-state index contributed by atoms with van der Waals surface area (Å²) >= 11 is 0. The van der Waals surface area contributed by atoms with Crippen LogP contribution in [-0.4, -0.2) is 14.8 Å². The summed E-state index contributed by atoms with van der Waals surface area (Å²) in [6.07, 6.45) is 4.80. The lowest BCUT2D eigenvalue weighted by Gasteiger charge is -2.17. The Morgan fingerprint density at radius 3 is 2.56 bits per heavy atom. The van der Waals surface area contributed by atoms with Crippen molar-refractivity contribution in [1.29, 1.82) is 0 Å². The van der Waals surface area contributed by atoms with Crippen LogP contribution < -0.4 is 10.6 Å². The van der Waals surface area contributed by atoms with Gasteiger partial charge in [0.1, 0.15) is 11.1 Å². The molecule has 1 saturated carbocycles. The van der Waals surface area contributed by atoms with Crippen molar-refractivity contribution < 1.29 is 9.77 Å². The highest BCUT2D eigenvalue weighted by atomic mass is 16.6. The fourth-order valence-electron chi connectivity index (χ4n) is 2.10. The molecule has 1 aliphatic carbocycles. The molecule has 0 amide bonds. The largest absolute Gasteiger partial charge is 0.655 e. The lowest BCUT2D eigenvalue weighted by atomic mass is 9.96. The van der Waals surface area contributed by atoms with E-state index < -0.39 is 10.7 Å². The Hall–Kier alpha value is -1.86. The number of anilines is 1. The molecule has 16 heavy (non-hydrogen) atoms. The first kappa shape index (κ1) is 10.7. The fraction of sp³-hybridized carbons (Fsp3) is 0.750. The van der Waals surface area contributed by atoms with Crippen molar-refractivity contribution in [3.8, 4) is 0 Å². The minimum atomic E-state index is -0.797. The number of nitrogen functional groups attached to an aromatic ring is 1. The number of nitrogens with two attached hydrogens (primary N) is 1. The van der Waals surface area contributed by atoms with E-state index in [1.807, 2.05) is 0 Å². The standard InChI is InChI=1S/C8H13N5O3/c9-7-8(13(15)16)12(14)11(10-7)6-4-2-1-3-5-6/h6H,1-5H2,(H2,9,10). The second kappa shape index (κ2) is 3.95. The van der Waals surface area contributed by atoms with Crippen LogP contribution in [-0.2, 0) is 0 Å². The van der Waals surface area contributed by atoms with E-state index in [1.54, 1.807) is 0 Å². The normalized spacial score (nSPS) is 17.5. The topological polar surface area (TPSA) is 114 Å². The van der Waals surface area contributed by atoms with E-state index in [2.05, 4.69) is 5.10 Å². The number of hydrogen-bond donors (Lipinski definition) is 1. The first-order valence-corrected chi connectivity index (χ1v) is 5.23. The molecule has 0 aromatic carbocycles. The van der Waals surface area contributed by atoms with Gasteiger partial charge in [0.2, 0.25) is 0 Å². The molecule has 0 spiro atoms. The average molecular weight is 227 g/mol. The van der Waals surface area contributed by atoms with Gasteiger partial charge >= 0.3 is 11.6 Å². The molecule has 2 rings (SSSR count). The molecule has 0 bridgehead atoms. The molecule has 1 heterocycles.